The van der Waals surface area contributed by atoms with Gasteiger partial charge in [-0.1, -0.05) is 17.7 Å². The molecule has 1 aromatic rings. The van der Waals surface area contributed by atoms with Crippen LogP contribution in [0.4, 0.5) is 8.78 Å². The van der Waals surface area contributed by atoms with E-state index in [1.165, 1.54) is 12.1 Å². The van der Waals surface area contributed by atoms with Crippen LogP contribution in [0, 0.1) is 11.6 Å². The number of aliphatic hydroxyl groups is 1. The lowest BCUT2D eigenvalue weighted by Gasteiger charge is -2.11. The molecule has 1 atom stereocenters. The Morgan fingerprint density at radius 2 is 2.14 bits per heavy atom. The zero-order valence-electron chi connectivity index (χ0n) is 7.30. The van der Waals surface area contributed by atoms with Crippen LogP contribution in [0.5, 0.6) is 0 Å². The summed E-state index contributed by atoms with van der Waals surface area (Å²) in [5.41, 5.74) is -0.216. The van der Waals surface area contributed by atoms with Crippen LogP contribution in [0.15, 0.2) is 24.8 Å². The van der Waals surface area contributed by atoms with Gasteiger partial charge in [0.05, 0.1) is 6.10 Å². The van der Waals surface area contributed by atoms with Gasteiger partial charge in [-0.15, -0.1) is 6.58 Å². The Hall–Kier alpha value is -0.930. The van der Waals surface area contributed by atoms with Gasteiger partial charge in [0, 0.05) is 10.6 Å². The number of hydrogen-bond donors (Lipinski definition) is 1. The lowest BCUT2D eigenvalue weighted by molar-refractivity contribution is 0.175. The monoisotopic (exact) mass is 218 g/mol. The van der Waals surface area contributed by atoms with E-state index in [0.29, 0.717) is 0 Å². The molecule has 1 rings (SSSR count). The number of benzene rings is 1. The molecule has 0 amide bonds. The standard InChI is InChI=1S/C10H9ClF2O/c1-2-3-8(14)9-6(11)4-5-7(12)10(9)13/h2,4-5,8,14H,1,3H2. The van der Waals surface area contributed by atoms with Gasteiger partial charge in [0.25, 0.3) is 0 Å². The fraction of sp³-hybridized carbons (Fsp3) is 0.200. The quantitative estimate of drug-likeness (QED) is 0.610. The van der Waals surface area contributed by atoms with Crippen LogP contribution >= 0.6 is 11.6 Å². The maximum atomic E-state index is 13.2. The normalized spacial score (nSPS) is 12.6. The first-order valence-electron chi connectivity index (χ1n) is 4.00. The predicted molar refractivity (Wildman–Crippen MR) is 51.1 cm³/mol. The molecule has 0 spiro atoms. The zero-order valence-corrected chi connectivity index (χ0v) is 8.06. The van der Waals surface area contributed by atoms with Crippen molar-refractivity contribution in [1.82, 2.24) is 0 Å². The first kappa shape index (κ1) is 11.1. The predicted octanol–water partition coefficient (Wildman–Crippen LogP) is 3.23. The van der Waals surface area contributed by atoms with Gasteiger partial charge in [0.2, 0.25) is 0 Å². The molecule has 14 heavy (non-hydrogen) atoms. The van der Waals surface area contributed by atoms with E-state index in [1.807, 2.05) is 0 Å². The second-order valence-corrected chi connectivity index (χ2v) is 3.20. The van der Waals surface area contributed by atoms with Crippen molar-refractivity contribution in [2.24, 2.45) is 0 Å². The maximum Gasteiger partial charge on any atom is 0.166 e. The summed E-state index contributed by atoms with van der Waals surface area (Å²) in [7, 11) is 0. The van der Waals surface area contributed by atoms with Crippen molar-refractivity contribution in [1.29, 1.82) is 0 Å². The maximum absolute atomic E-state index is 13.2. The molecule has 0 aromatic heterocycles. The second-order valence-electron chi connectivity index (χ2n) is 2.80. The molecular formula is C10H9ClF2O. The molecule has 0 aliphatic rings. The summed E-state index contributed by atoms with van der Waals surface area (Å²) in [6.07, 6.45) is 0.376. The van der Waals surface area contributed by atoms with Crippen LogP contribution in [0.25, 0.3) is 0 Å². The Morgan fingerprint density at radius 1 is 1.50 bits per heavy atom. The van der Waals surface area contributed by atoms with Crippen LogP contribution in [0.1, 0.15) is 18.1 Å². The fourth-order valence-corrected chi connectivity index (χ4v) is 1.40. The van der Waals surface area contributed by atoms with E-state index in [4.69, 9.17) is 11.6 Å². The van der Waals surface area contributed by atoms with Crippen molar-refractivity contribution < 1.29 is 13.9 Å². The summed E-state index contributed by atoms with van der Waals surface area (Å²) in [6, 6.07) is 2.13. The number of aliphatic hydroxyl groups excluding tert-OH is 1. The Morgan fingerprint density at radius 3 is 2.71 bits per heavy atom. The minimum absolute atomic E-state index is 0.0123. The smallest absolute Gasteiger partial charge is 0.166 e. The largest absolute Gasteiger partial charge is 0.388 e. The van der Waals surface area contributed by atoms with Gasteiger partial charge in [-0.05, 0) is 18.6 Å². The summed E-state index contributed by atoms with van der Waals surface area (Å²) < 4.78 is 26.0. The summed E-state index contributed by atoms with van der Waals surface area (Å²) in [4.78, 5) is 0. The van der Waals surface area contributed by atoms with Crippen LogP contribution in [0.3, 0.4) is 0 Å². The van der Waals surface area contributed by atoms with Gasteiger partial charge in [-0.3, -0.25) is 0 Å². The third kappa shape index (κ3) is 2.11. The fourth-order valence-electron chi connectivity index (χ4n) is 1.12. The molecule has 0 saturated heterocycles. The van der Waals surface area contributed by atoms with E-state index in [2.05, 4.69) is 6.58 Å². The molecular weight excluding hydrogens is 210 g/mol. The Bertz CT molecular complexity index is 352. The molecule has 0 bridgehead atoms. The average Bonchev–Trinajstić information content (AvgIpc) is 2.13. The number of hydrogen-bond acceptors (Lipinski definition) is 1. The molecule has 0 aliphatic carbocycles. The third-order valence-corrected chi connectivity index (χ3v) is 2.13. The first-order valence-corrected chi connectivity index (χ1v) is 4.38. The topological polar surface area (TPSA) is 20.2 Å². The van der Waals surface area contributed by atoms with Crippen molar-refractivity contribution in [2.45, 2.75) is 12.5 Å². The molecule has 1 N–H and O–H groups in total. The molecule has 4 heteroatoms. The first-order chi connectivity index (χ1) is 6.57. The van der Waals surface area contributed by atoms with E-state index in [1.54, 1.807) is 0 Å². The highest BCUT2D eigenvalue weighted by Crippen LogP contribution is 2.29. The highest BCUT2D eigenvalue weighted by atomic mass is 35.5. The zero-order chi connectivity index (χ0) is 10.7. The molecule has 1 unspecified atom stereocenters. The molecule has 0 heterocycles. The Balaban J connectivity index is 3.17. The van der Waals surface area contributed by atoms with Crippen LogP contribution < -0.4 is 0 Å². The van der Waals surface area contributed by atoms with Crippen molar-refractivity contribution in [3.8, 4) is 0 Å². The lowest BCUT2D eigenvalue weighted by atomic mass is 10.1. The molecule has 1 nitrogen and oxygen atoms in total. The van der Waals surface area contributed by atoms with E-state index in [9.17, 15) is 13.9 Å². The molecule has 0 aliphatic heterocycles. The number of rotatable bonds is 3. The Labute approximate surface area is 85.6 Å². The Kier molecular flexibility index (Phi) is 3.61. The van der Waals surface area contributed by atoms with Crippen molar-refractivity contribution in [2.75, 3.05) is 0 Å². The van der Waals surface area contributed by atoms with Crippen molar-refractivity contribution in [3.05, 3.63) is 47.0 Å². The van der Waals surface area contributed by atoms with Crippen LogP contribution in [-0.4, -0.2) is 5.11 Å². The summed E-state index contributed by atoms with van der Waals surface area (Å²) in [5.74, 6) is -2.13. The van der Waals surface area contributed by atoms with Gasteiger partial charge in [-0.25, -0.2) is 8.78 Å². The molecule has 1 aromatic carbocycles. The van der Waals surface area contributed by atoms with Gasteiger partial charge < -0.3 is 5.11 Å². The minimum atomic E-state index is -1.16. The molecule has 76 valence electrons. The van der Waals surface area contributed by atoms with Crippen molar-refractivity contribution in [3.63, 3.8) is 0 Å². The summed E-state index contributed by atoms with van der Waals surface area (Å²) in [5, 5.41) is 9.46. The van der Waals surface area contributed by atoms with E-state index < -0.39 is 17.7 Å². The van der Waals surface area contributed by atoms with E-state index in [0.717, 1.165) is 6.07 Å². The molecule has 0 saturated carbocycles. The summed E-state index contributed by atoms with van der Waals surface area (Å²) in [6.45, 7) is 3.39. The van der Waals surface area contributed by atoms with E-state index in [-0.39, 0.29) is 17.0 Å². The second kappa shape index (κ2) is 4.53. The lowest BCUT2D eigenvalue weighted by Crippen LogP contribution is -2.02. The average molecular weight is 219 g/mol. The molecule has 0 radical (unpaired) electrons. The molecule has 0 fully saturated rings. The van der Waals surface area contributed by atoms with Gasteiger partial charge in [0.15, 0.2) is 11.6 Å². The highest BCUT2D eigenvalue weighted by molar-refractivity contribution is 6.31. The number of halogens is 3. The SMILES string of the molecule is C=CCC(O)c1c(Cl)ccc(F)c1F. The highest BCUT2D eigenvalue weighted by Gasteiger charge is 2.18. The van der Waals surface area contributed by atoms with Crippen molar-refractivity contribution >= 4 is 11.6 Å². The van der Waals surface area contributed by atoms with Crippen LogP contribution in [-0.2, 0) is 0 Å². The van der Waals surface area contributed by atoms with Gasteiger partial charge in [0.1, 0.15) is 0 Å². The van der Waals surface area contributed by atoms with Gasteiger partial charge >= 0.3 is 0 Å². The third-order valence-electron chi connectivity index (χ3n) is 1.80. The van der Waals surface area contributed by atoms with E-state index >= 15 is 0 Å². The summed E-state index contributed by atoms with van der Waals surface area (Å²) >= 11 is 5.63. The van der Waals surface area contributed by atoms with Gasteiger partial charge in [-0.2, -0.15) is 0 Å². The van der Waals surface area contributed by atoms with Crippen LogP contribution in [0.2, 0.25) is 5.02 Å². The minimum Gasteiger partial charge on any atom is -0.388 e.